The fourth-order valence-electron chi connectivity index (χ4n) is 2.52. The molecule has 0 aliphatic carbocycles. The molecule has 3 rings (SSSR count). The van der Waals surface area contributed by atoms with E-state index >= 15 is 0 Å². The van der Waals surface area contributed by atoms with Crippen molar-refractivity contribution < 1.29 is 14.7 Å². The van der Waals surface area contributed by atoms with Gasteiger partial charge in [-0.05, 0) is 42.5 Å². The molecule has 2 N–H and O–H groups in total. The molecule has 0 saturated heterocycles. The first-order valence-electron chi connectivity index (χ1n) is 8.52. The maximum atomic E-state index is 12.4. The molecule has 1 unspecified atom stereocenters. The van der Waals surface area contributed by atoms with Crippen molar-refractivity contribution in [2.75, 3.05) is 0 Å². The van der Waals surface area contributed by atoms with Gasteiger partial charge in [0.25, 0.3) is 5.91 Å². The van der Waals surface area contributed by atoms with Crippen LogP contribution in [0.15, 0.2) is 60.9 Å². The Bertz CT molecular complexity index is 1060. The van der Waals surface area contributed by atoms with Gasteiger partial charge >= 0.3 is 5.97 Å². The van der Waals surface area contributed by atoms with E-state index in [9.17, 15) is 14.7 Å². The van der Waals surface area contributed by atoms with Crippen LogP contribution in [0.4, 0.5) is 0 Å². The zero-order chi connectivity index (χ0) is 20.8. The van der Waals surface area contributed by atoms with Gasteiger partial charge in [-0.15, -0.1) is 0 Å². The van der Waals surface area contributed by atoms with Crippen molar-refractivity contribution in [3.05, 3.63) is 82.1 Å². The number of rotatable bonds is 5. The SMILES string of the molecule is O=C(NC(CC#Cc1ccc(-n2cccn2)cc1)C(=O)O)c1c(Cl)cccc1Cl. The number of benzene rings is 2. The van der Waals surface area contributed by atoms with Crippen molar-refractivity contribution in [2.24, 2.45) is 0 Å². The Labute approximate surface area is 177 Å². The molecule has 0 fully saturated rings. The molecule has 6 nitrogen and oxygen atoms in total. The number of nitrogens with zero attached hydrogens (tertiary/aromatic N) is 2. The number of carbonyl (C=O) groups is 2. The van der Waals surface area contributed by atoms with Crippen molar-refractivity contribution in [3.63, 3.8) is 0 Å². The highest BCUT2D eigenvalue weighted by Crippen LogP contribution is 2.24. The van der Waals surface area contributed by atoms with Crippen LogP contribution in [0.3, 0.4) is 0 Å². The summed E-state index contributed by atoms with van der Waals surface area (Å²) in [6.45, 7) is 0. The van der Waals surface area contributed by atoms with Crippen LogP contribution >= 0.6 is 23.2 Å². The molecule has 3 aromatic rings. The minimum absolute atomic E-state index is 0.0317. The van der Waals surface area contributed by atoms with E-state index in [1.54, 1.807) is 16.9 Å². The average molecular weight is 428 g/mol. The van der Waals surface area contributed by atoms with Crippen molar-refractivity contribution in [1.29, 1.82) is 0 Å². The molecular formula is C21H15Cl2N3O3. The van der Waals surface area contributed by atoms with E-state index < -0.39 is 17.9 Å². The van der Waals surface area contributed by atoms with Gasteiger partial charge in [0.15, 0.2) is 0 Å². The number of amides is 1. The zero-order valence-electron chi connectivity index (χ0n) is 15.0. The van der Waals surface area contributed by atoms with E-state index in [0.717, 1.165) is 5.69 Å². The van der Waals surface area contributed by atoms with E-state index in [2.05, 4.69) is 22.3 Å². The standard InChI is InChI=1S/C21H15Cl2N3O3/c22-16-5-2-6-17(23)19(16)20(27)25-18(21(28)29)7-1-4-14-8-10-15(11-9-14)26-13-3-12-24-26/h2-3,5-6,8-13,18H,7H2,(H,25,27)(H,28,29). The highest BCUT2D eigenvalue weighted by molar-refractivity contribution is 6.39. The first-order valence-corrected chi connectivity index (χ1v) is 9.28. The summed E-state index contributed by atoms with van der Waals surface area (Å²) in [6.07, 6.45) is 3.43. The molecule has 1 atom stereocenters. The Morgan fingerprint density at radius 1 is 1.10 bits per heavy atom. The van der Waals surface area contributed by atoms with Crippen molar-refractivity contribution >= 4 is 35.1 Å². The molecule has 0 saturated carbocycles. The molecule has 0 spiro atoms. The number of carbonyl (C=O) groups excluding carboxylic acids is 1. The van der Waals surface area contributed by atoms with E-state index in [1.165, 1.54) is 12.1 Å². The van der Waals surface area contributed by atoms with Crippen LogP contribution in [0.5, 0.6) is 0 Å². The lowest BCUT2D eigenvalue weighted by molar-refractivity contribution is -0.139. The van der Waals surface area contributed by atoms with Crippen LogP contribution < -0.4 is 5.32 Å². The smallest absolute Gasteiger partial charge is 0.327 e. The normalized spacial score (nSPS) is 11.2. The maximum absolute atomic E-state index is 12.4. The van der Waals surface area contributed by atoms with E-state index in [4.69, 9.17) is 23.2 Å². The second-order valence-corrected chi connectivity index (χ2v) is 6.78. The summed E-state index contributed by atoms with van der Waals surface area (Å²) in [5.41, 5.74) is 1.63. The molecule has 2 aromatic carbocycles. The van der Waals surface area contributed by atoms with Gasteiger partial charge in [-0.25, -0.2) is 9.48 Å². The van der Waals surface area contributed by atoms with Crippen LogP contribution in [0.1, 0.15) is 22.3 Å². The lowest BCUT2D eigenvalue weighted by atomic mass is 10.1. The molecule has 0 aliphatic rings. The van der Waals surface area contributed by atoms with Gasteiger partial charge in [-0.2, -0.15) is 5.10 Å². The Morgan fingerprint density at radius 3 is 2.38 bits per heavy atom. The highest BCUT2D eigenvalue weighted by Gasteiger charge is 2.22. The summed E-state index contributed by atoms with van der Waals surface area (Å²) >= 11 is 12.0. The summed E-state index contributed by atoms with van der Waals surface area (Å²) in [6, 6.07) is 12.5. The number of hydrogen-bond donors (Lipinski definition) is 2. The largest absolute Gasteiger partial charge is 0.480 e. The molecule has 1 heterocycles. The summed E-state index contributed by atoms with van der Waals surface area (Å²) in [7, 11) is 0. The van der Waals surface area contributed by atoms with Gasteiger partial charge in [0.2, 0.25) is 0 Å². The maximum Gasteiger partial charge on any atom is 0.327 e. The van der Waals surface area contributed by atoms with Crippen molar-refractivity contribution in [3.8, 4) is 17.5 Å². The highest BCUT2D eigenvalue weighted by atomic mass is 35.5. The molecule has 0 radical (unpaired) electrons. The molecule has 29 heavy (non-hydrogen) atoms. The number of aliphatic carboxylic acids is 1. The molecule has 0 aliphatic heterocycles. The summed E-state index contributed by atoms with van der Waals surface area (Å²) in [4.78, 5) is 23.9. The summed E-state index contributed by atoms with van der Waals surface area (Å²) in [5.74, 6) is 3.81. The Morgan fingerprint density at radius 2 is 1.79 bits per heavy atom. The van der Waals surface area contributed by atoms with Crippen LogP contribution in [0, 0.1) is 11.8 Å². The van der Waals surface area contributed by atoms with Crippen LogP contribution in [0.25, 0.3) is 5.69 Å². The number of hydrogen-bond acceptors (Lipinski definition) is 3. The van der Waals surface area contributed by atoms with Crippen LogP contribution in [0.2, 0.25) is 10.0 Å². The first-order chi connectivity index (χ1) is 14.0. The monoisotopic (exact) mass is 427 g/mol. The molecule has 0 bridgehead atoms. The van der Waals surface area contributed by atoms with E-state index in [1.807, 2.05) is 36.5 Å². The Kier molecular flexibility index (Phi) is 6.55. The fourth-order valence-corrected chi connectivity index (χ4v) is 3.09. The van der Waals surface area contributed by atoms with Gasteiger partial charge < -0.3 is 10.4 Å². The average Bonchev–Trinajstić information content (AvgIpc) is 3.22. The second-order valence-electron chi connectivity index (χ2n) is 5.96. The molecule has 146 valence electrons. The third kappa shape index (κ3) is 5.17. The fraction of sp³-hybridized carbons (Fsp3) is 0.0952. The van der Waals surface area contributed by atoms with Gasteiger partial charge in [-0.1, -0.05) is 41.1 Å². The van der Waals surface area contributed by atoms with Crippen LogP contribution in [-0.4, -0.2) is 32.8 Å². The minimum Gasteiger partial charge on any atom is -0.480 e. The number of carboxylic acids is 1. The van der Waals surface area contributed by atoms with E-state index in [-0.39, 0.29) is 22.0 Å². The number of carboxylic acid groups (broad SMARTS) is 1. The van der Waals surface area contributed by atoms with Gasteiger partial charge in [-0.3, -0.25) is 4.79 Å². The third-order valence-electron chi connectivity index (χ3n) is 3.97. The second kappa shape index (κ2) is 9.28. The zero-order valence-corrected chi connectivity index (χ0v) is 16.5. The number of halogens is 2. The molecule has 1 amide bonds. The Hall–Kier alpha value is -3.27. The summed E-state index contributed by atoms with van der Waals surface area (Å²) in [5, 5.41) is 16.2. The van der Waals surface area contributed by atoms with Gasteiger partial charge in [0.05, 0.1) is 21.3 Å². The summed E-state index contributed by atoms with van der Waals surface area (Å²) < 4.78 is 1.72. The van der Waals surface area contributed by atoms with Crippen LogP contribution in [-0.2, 0) is 4.79 Å². The molecule has 8 heteroatoms. The van der Waals surface area contributed by atoms with Gasteiger partial charge in [0, 0.05) is 24.4 Å². The molecular weight excluding hydrogens is 413 g/mol. The van der Waals surface area contributed by atoms with Crippen molar-refractivity contribution in [2.45, 2.75) is 12.5 Å². The Balaban J connectivity index is 1.68. The number of nitrogens with one attached hydrogen (secondary N) is 1. The topological polar surface area (TPSA) is 84.2 Å². The van der Waals surface area contributed by atoms with Crippen molar-refractivity contribution in [1.82, 2.24) is 15.1 Å². The predicted octanol–water partition coefficient (Wildman–Crippen LogP) is 3.80. The first kappa shape index (κ1) is 20.5. The lowest BCUT2D eigenvalue weighted by Crippen LogP contribution is -2.40. The third-order valence-corrected chi connectivity index (χ3v) is 4.60. The predicted molar refractivity (Wildman–Crippen MR) is 110 cm³/mol. The quantitative estimate of drug-likeness (QED) is 0.606. The minimum atomic E-state index is -1.20. The van der Waals surface area contributed by atoms with E-state index in [0.29, 0.717) is 5.56 Å². The van der Waals surface area contributed by atoms with Gasteiger partial charge in [0.1, 0.15) is 6.04 Å². The number of aromatic nitrogens is 2. The molecule has 1 aromatic heterocycles. The lowest BCUT2D eigenvalue weighted by Gasteiger charge is -2.13.